The van der Waals surface area contributed by atoms with Crippen molar-refractivity contribution < 1.29 is 18.0 Å². The van der Waals surface area contributed by atoms with Crippen molar-refractivity contribution >= 4 is 11.7 Å². The standard InChI is InChI=1S/C19H19F3N6O/c20-19(21,22)13-5-6-17(28-9-2-7-24-28)15(11-13)26-18(29)25-14-3-1-4-16(14)27-10-8-23-12-27/h2,5-12,14,16H,1,3-4H2,(H2,25,26,29)/t14-,16-/m0/s1. The van der Waals surface area contributed by atoms with E-state index in [0.29, 0.717) is 5.69 Å². The summed E-state index contributed by atoms with van der Waals surface area (Å²) in [6.45, 7) is 0. The van der Waals surface area contributed by atoms with E-state index in [4.69, 9.17) is 0 Å². The minimum absolute atomic E-state index is 0.0261. The monoisotopic (exact) mass is 404 g/mol. The largest absolute Gasteiger partial charge is 0.416 e. The number of carbonyl (C=O) groups excluding carboxylic acids is 1. The molecule has 0 saturated heterocycles. The normalized spacial score (nSPS) is 19.3. The van der Waals surface area contributed by atoms with E-state index in [0.717, 1.165) is 31.4 Å². The first kappa shape index (κ1) is 19.0. The molecule has 2 aromatic heterocycles. The Hall–Kier alpha value is -3.30. The molecule has 1 aliphatic rings. The van der Waals surface area contributed by atoms with Crippen molar-refractivity contribution in [3.63, 3.8) is 0 Å². The molecule has 1 fully saturated rings. The number of benzene rings is 1. The lowest BCUT2D eigenvalue weighted by Gasteiger charge is -2.23. The van der Waals surface area contributed by atoms with Crippen LogP contribution in [-0.2, 0) is 6.18 Å². The zero-order valence-electron chi connectivity index (χ0n) is 15.3. The zero-order valence-corrected chi connectivity index (χ0v) is 15.3. The third-order valence-corrected chi connectivity index (χ3v) is 5.03. The fourth-order valence-corrected chi connectivity index (χ4v) is 3.68. The topological polar surface area (TPSA) is 76.8 Å². The molecule has 0 spiro atoms. The highest BCUT2D eigenvalue weighted by atomic mass is 19.4. The van der Waals surface area contributed by atoms with Crippen LogP contribution in [0.2, 0.25) is 0 Å². The maximum Gasteiger partial charge on any atom is 0.416 e. The number of nitrogens with zero attached hydrogens (tertiary/aromatic N) is 4. The van der Waals surface area contributed by atoms with E-state index in [1.54, 1.807) is 24.8 Å². The van der Waals surface area contributed by atoms with Crippen LogP contribution in [0, 0.1) is 0 Å². The minimum atomic E-state index is -4.52. The van der Waals surface area contributed by atoms with Crippen LogP contribution in [0.25, 0.3) is 5.69 Å². The van der Waals surface area contributed by atoms with Crippen molar-refractivity contribution in [2.45, 2.75) is 37.5 Å². The number of halogens is 3. The van der Waals surface area contributed by atoms with Gasteiger partial charge in [0, 0.05) is 24.8 Å². The van der Waals surface area contributed by atoms with Gasteiger partial charge in [-0.05, 0) is 43.5 Å². The Morgan fingerprint density at radius 1 is 1.17 bits per heavy atom. The molecule has 1 aromatic carbocycles. The molecule has 1 saturated carbocycles. The Balaban J connectivity index is 1.55. The van der Waals surface area contributed by atoms with Crippen molar-refractivity contribution in [3.05, 3.63) is 60.9 Å². The number of hydrogen-bond acceptors (Lipinski definition) is 3. The lowest BCUT2D eigenvalue weighted by Crippen LogP contribution is -2.40. The van der Waals surface area contributed by atoms with Gasteiger partial charge >= 0.3 is 12.2 Å². The van der Waals surface area contributed by atoms with E-state index in [1.165, 1.54) is 16.9 Å². The average Bonchev–Trinajstić information content (AvgIpc) is 3.43. The second kappa shape index (κ2) is 7.61. The van der Waals surface area contributed by atoms with Gasteiger partial charge in [-0.25, -0.2) is 14.5 Å². The van der Waals surface area contributed by atoms with E-state index in [1.807, 2.05) is 10.8 Å². The molecule has 2 atom stereocenters. The molecule has 2 heterocycles. The van der Waals surface area contributed by atoms with Crippen LogP contribution in [0.5, 0.6) is 0 Å². The number of carbonyl (C=O) groups is 1. The molecule has 4 rings (SSSR count). The predicted molar refractivity (Wildman–Crippen MR) is 99.6 cm³/mol. The van der Waals surface area contributed by atoms with E-state index < -0.39 is 17.8 Å². The number of imidazole rings is 1. The van der Waals surface area contributed by atoms with Gasteiger partial charge in [0.25, 0.3) is 0 Å². The second-order valence-corrected chi connectivity index (χ2v) is 6.89. The van der Waals surface area contributed by atoms with Gasteiger partial charge in [0.05, 0.1) is 35.3 Å². The van der Waals surface area contributed by atoms with Gasteiger partial charge < -0.3 is 15.2 Å². The highest BCUT2D eigenvalue weighted by molar-refractivity contribution is 5.92. The molecular weight excluding hydrogens is 385 g/mol. The van der Waals surface area contributed by atoms with Crippen LogP contribution in [0.4, 0.5) is 23.7 Å². The van der Waals surface area contributed by atoms with Crippen LogP contribution in [0.1, 0.15) is 30.9 Å². The first-order valence-corrected chi connectivity index (χ1v) is 9.18. The van der Waals surface area contributed by atoms with Crippen molar-refractivity contribution in [2.24, 2.45) is 0 Å². The van der Waals surface area contributed by atoms with Crippen LogP contribution in [-0.4, -0.2) is 31.4 Å². The summed E-state index contributed by atoms with van der Waals surface area (Å²) in [5, 5.41) is 9.50. The van der Waals surface area contributed by atoms with Gasteiger partial charge in [0.15, 0.2) is 0 Å². The fraction of sp³-hybridized carbons (Fsp3) is 0.316. The van der Waals surface area contributed by atoms with Crippen molar-refractivity contribution in [3.8, 4) is 5.69 Å². The molecule has 2 amide bonds. The summed E-state index contributed by atoms with van der Waals surface area (Å²) >= 11 is 0. The van der Waals surface area contributed by atoms with E-state index in [9.17, 15) is 18.0 Å². The molecule has 0 bridgehead atoms. The number of rotatable bonds is 4. The van der Waals surface area contributed by atoms with Crippen molar-refractivity contribution in [2.75, 3.05) is 5.32 Å². The molecule has 7 nitrogen and oxygen atoms in total. The predicted octanol–water partition coefficient (Wildman–Crippen LogP) is 4.00. The highest BCUT2D eigenvalue weighted by Crippen LogP contribution is 2.34. The lowest BCUT2D eigenvalue weighted by atomic mass is 10.1. The average molecular weight is 404 g/mol. The smallest absolute Gasteiger partial charge is 0.333 e. The third kappa shape index (κ3) is 4.10. The summed E-state index contributed by atoms with van der Waals surface area (Å²) < 4.78 is 42.8. The number of amides is 2. The minimum Gasteiger partial charge on any atom is -0.333 e. The van der Waals surface area contributed by atoms with Crippen molar-refractivity contribution in [1.82, 2.24) is 24.6 Å². The Kier molecular flexibility index (Phi) is 4.99. The van der Waals surface area contributed by atoms with Crippen LogP contribution >= 0.6 is 0 Å². The summed E-state index contributed by atoms with van der Waals surface area (Å²) in [7, 11) is 0. The van der Waals surface area contributed by atoms with Crippen LogP contribution < -0.4 is 10.6 Å². The first-order valence-electron chi connectivity index (χ1n) is 9.18. The maximum absolute atomic E-state index is 13.2. The van der Waals surface area contributed by atoms with Gasteiger partial charge in [-0.15, -0.1) is 0 Å². The molecule has 1 aliphatic carbocycles. The van der Waals surface area contributed by atoms with Gasteiger partial charge in [0.2, 0.25) is 0 Å². The summed E-state index contributed by atoms with van der Waals surface area (Å²) in [4.78, 5) is 16.6. The Labute approximate surface area is 164 Å². The molecule has 0 radical (unpaired) electrons. The summed E-state index contributed by atoms with van der Waals surface area (Å²) in [6, 6.07) is 4.18. The SMILES string of the molecule is O=C(Nc1cc(C(F)(F)F)ccc1-n1cccn1)N[C@H]1CCC[C@@H]1n1ccnc1. The number of aromatic nitrogens is 4. The summed E-state index contributed by atoms with van der Waals surface area (Å²) in [6.07, 6.45) is 6.41. The molecule has 0 unspecified atom stereocenters. The number of hydrogen-bond donors (Lipinski definition) is 2. The molecule has 0 aliphatic heterocycles. The highest BCUT2D eigenvalue weighted by Gasteiger charge is 2.32. The number of anilines is 1. The van der Waals surface area contributed by atoms with Gasteiger partial charge in [-0.2, -0.15) is 18.3 Å². The van der Waals surface area contributed by atoms with Gasteiger partial charge in [0.1, 0.15) is 0 Å². The Morgan fingerprint density at radius 3 is 2.72 bits per heavy atom. The molecule has 3 aromatic rings. The summed E-state index contributed by atoms with van der Waals surface area (Å²) in [5.41, 5.74) is -0.477. The fourth-order valence-electron chi connectivity index (χ4n) is 3.68. The van der Waals surface area contributed by atoms with Gasteiger partial charge in [-0.3, -0.25) is 0 Å². The second-order valence-electron chi connectivity index (χ2n) is 6.89. The first-order chi connectivity index (χ1) is 13.9. The van der Waals surface area contributed by atoms with E-state index in [-0.39, 0.29) is 17.8 Å². The molecular formula is C19H19F3N6O. The van der Waals surface area contributed by atoms with Crippen molar-refractivity contribution in [1.29, 1.82) is 0 Å². The molecule has 2 N–H and O–H groups in total. The number of nitrogens with one attached hydrogen (secondary N) is 2. The van der Waals surface area contributed by atoms with Gasteiger partial charge in [-0.1, -0.05) is 0 Å². The molecule has 152 valence electrons. The van der Waals surface area contributed by atoms with E-state index in [2.05, 4.69) is 20.7 Å². The zero-order chi connectivity index (χ0) is 20.4. The third-order valence-electron chi connectivity index (χ3n) is 5.03. The molecule has 10 heteroatoms. The Bertz CT molecular complexity index is 969. The number of urea groups is 1. The summed E-state index contributed by atoms with van der Waals surface area (Å²) in [5.74, 6) is 0. The lowest BCUT2D eigenvalue weighted by molar-refractivity contribution is -0.137. The Morgan fingerprint density at radius 2 is 2.03 bits per heavy atom. The molecule has 29 heavy (non-hydrogen) atoms. The van der Waals surface area contributed by atoms with E-state index >= 15 is 0 Å². The van der Waals surface area contributed by atoms with Crippen LogP contribution in [0.15, 0.2) is 55.4 Å². The number of alkyl halides is 3. The maximum atomic E-state index is 13.2. The van der Waals surface area contributed by atoms with Crippen LogP contribution in [0.3, 0.4) is 0 Å². The quantitative estimate of drug-likeness (QED) is 0.690.